The van der Waals surface area contributed by atoms with Gasteiger partial charge in [-0.1, -0.05) is 42.5 Å². The first kappa shape index (κ1) is 24.5. The topological polar surface area (TPSA) is 60.9 Å². The normalized spacial score (nSPS) is 25.5. The van der Waals surface area contributed by atoms with E-state index in [2.05, 4.69) is 47.2 Å². The number of amides is 1. The van der Waals surface area contributed by atoms with Gasteiger partial charge in [-0.15, -0.1) is 0 Å². The van der Waals surface area contributed by atoms with Crippen molar-refractivity contribution in [1.82, 2.24) is 14.7 Å². The van der Waals surface area contributed by atoms with Crippen molar-refractivity contribution >= 4 is 15.7 Å². The highest BCUT2D eigenvalue weighted by molar-refractivity contribution is 7.90. The number of likely N-dealkylation sites (N-methyl/N-ethyl adjacent to an activating group) is 1. The van der Waals surface area contributed by atoms with Crippen molar-refractivity contribution in [2.24, 2.45) is 11.3 Å². The van der Waals surface area contributed by atoms with E-state index in [4.69, 9.17) is 0 Å². The maximum Gasteiger partial charge on any atom is 0.229 e. The van der Waals surface area contributed by atoms with Gasteiger partial charge in [-0.3, -0.25) is 4.79 Å². The summed E-state index contributed by atoms with van der Waals surface area (Å²) in [6.07, 6.45) is 4.02. The fourth-order valence-electron chi connectivity index (χ4n) is 6.42. The zero-order valence-electron chi connectivity index (χ0n) is 20.9. The molecule has 1 amide bonds. The molecule has 5 rings (SSSR count). The molecule has 0 radical (unpaired) electrons. The van der Waals surface area contributed by atoms with Crippen molar-refractivity contribution in [2.45, 2.75) is 36.6 Å². The number of carbonyl (C=O) groups excluding carboxylic acids is 1. The second kappa shape index (κ2) is 9.68. The van der Waals surface area contributed by atoms with Gasteiger partial charge in [-0.05, 0) is 68.6 Å². The molecule has 2 atom stereocenters. The molecule has 0 aliphatic carbocycles. The van der Waals surface area contributed by atoms with Crippen molar-refractivity contribution in [3.05, 3.63) is 65.7 Å². The predicted molar refractivity (Wildman–Crippen MR) is 138 cm³/mol. The first-order valence-corrected chi connectivity index (χ1v) is 14.7. The number of likely N-dealkylation sites (tertiary alicyclic amines) is 3. The summed E-state index contributed by atoms with van der Waals surface area (Å²) in [5.41, 5.74) is 2.22. The Hall–Kier alpha value is -2.22. The number of benzene rings is 2. The number of hydrogen-bond acceptors (Lipinski definition) is 5. The minimum absolute atomic E-state index is 0.214. The number of sulfone groups is 1. The molecule has 0 aromatic heterocycles. The molecule has 3 aliphatic rings. The molecule has 2 aromatic carbocycles. The first-order valence-electron chi connectivity index (χ1n) is 12.8. The molecule has 0 unspecified atom stereocenters. The fraction of sp³-hybridized carbons (Fsp3) is 0.536. The predicted octanol–water partition coefficient (Wildman–Crippen LogP) is 3.25. The monoisotopic (exact) mass is 495 g/mol. The number of nitrogens with zero attached hydrogens (tertiary/aromatic N) is 3. The van der Waals surface area contributed by atoms with Crippen LogP contribution in [0.4, 0.5) is 0 Å². The van der Waals surface area contributed by atoms with Crippen molar-refractivity contribution < 1.29 is 13.2 Å². The lowest BCUT2D eigenvalue weighted by molar-refractivity contribution is -0.139. The molecule has 0 N–H and O–H groups in total. The zero-order valence-corrected chi connectivity index (χ0v) is 21.7. The van der Waals surface area contributed by atoms with E-state index < -0.39 is 9.84 Å². The molecule has 3 heterocycles. The van der Waals surface area contributed by atoms with Crippen LogP contribution in [0.2, 0.25) is 0 Å². The van der Waals surface area contributed by atoms with E-state index >= 15 is 0 Å². The Bertz CT molecular complexity index is 1140. The molecule has 7 heteroatoms. The van der Waals surface area contributed by atoms with Crippen LogP contribution in [0.25, 0.3) is 0 Å². The Kier molecular flexibility index (Phi) is 6.77. The third-order valence-corrected chi connectivity index (χ3v) is 9.61. The molecular formula is C28H37N3O3S. The Morgan fingerprint density at radius 2 is 1.57 bits per heavy atom. The van der Waals surface area contributed by atoms with E-state index in [1.54, 1.807) is 12.1 Å². The smallest absolute Gasteiger partial charge is 0.229 e. The standard InChI is InChI=1S/C28H37N3O3S/c1-29-19-24(26(21-29)23-6-4-3-5-7-23)20-30-15-12-28(13-16-30)14-17-31(27(28)32)18-22-8-10-25(11-9-22)35(2,33)34/h3-11,24,26H,12-21H2,1-2H3/t24-,26-/m1/s1. The maximum absolute atomic E-state index is 13.4. The average Bonchev–Trinajstić information content (AvgIpc) is 3.36. The van der Waals surface area contributed by atoms with E-state index in [9.17, 15) is 13.2 Å². The quantitative estimate of drug-likeness (QED) is 0.616. The Morgan fingerprint density at radius 3 is 2.23 bits per heavy atom. The first-order chi connectivity index (χ1) is 16.7. The number of piperidine rings is 1. The number of hydrogen-bond donors (Lipinski definition) is 0. The van der Waals surface area contributed by atoms with Crippen LogP contribution >= 0.6 is 0 Å². The van der Waals surface area contributed by atoms with Crippen LogP contribution < -0.4 is 0 Å². The van der Waals surface area contributed by atoms with Crippen LogP contribution in [0.15, 0.2) is 59.5 Å². The Balaban J connectivity index is 1.17. The van der Waals surface area contributed by atoms with Crippen molar-refractivity contribution in [1.29, 1.82) is 0 Å². The molecule has 3 aliphatic heterocycles. The summed E-state index contributed by atoms with van der Waals surface area (Å²) < 4.78 is 23.4. The van der Waals surface area contributed by atoms with E-state index in [0.717, 1.165) is 64.1 Å². The maximum atomic E-state index is 13.4. The van der Waals surface area contributed by atoms with Crippen LogP contribution in [0.5, 0.6) is 0 Å². The van der Waals surface area contributed by atoms with Crippen LogP contribution in [-0.2, 0) is 21.2 Å². The molecule has 0 saturated carbocycles. The van der Waals surface area contributed by atoms with Crippen LogP contribution in [0, 0.1) is 11.3 Å². The lowest BCUT2D eigenvalue weighted by Crippen LogP contribution is -2.46. The summed E-state index contributed by atoms with van der Waals surface area (Å²) in [6, 6.07) is 17.9. The second-order valence-electron chi connectivity index (χ2n) is 11.0. The summed E-state index contributed by atoms with van der Waals surface area (Å²) >= 11 is 0. The van der Waals surface area contributed by atoms with Gasteiger partial charge in [0, 0.05) is 44.9 Å². The highest BCUT2D eigenvalue weighted by Crippen LogP contribution is 2.43. The molecular weight excluding hydrogens is 458 g/mol. The summed E-state index contributed by atoms with van der Waals surface area (Å²) in [6.45, 7) is 6.67. The van der Waals surface area contributed by atoms with Gasteiger partial charge in [0.15, 0.2) is 9.84 Å². The zero-order chi connectivity index (χ0) is 24.6. The third kappa shape index (κ3) is 5.18. The van der Waals surface area contributed by atoms with E-state index in [1.165, 1.54) is 11.8 Å². The minimum atomic E-state index is -3.20. The summed E-state index contributed by atoms with van der Waals surface area (Å²) in [5, 5.41) is 0. The Morgan fingerprint density at radius 1 is 0.914 bits per heavy atom. The van der Waals surface area contributed by atoms with Crippen LogP contribution in [0.3, 0.4) is 0 Å². The van der Waals surface area contributed by atoms with Crippen LogP contribution in [-0.4, -0.2) is 81.6 Å². The highest BCUT2D eigenvalue weighted by atomic mass is 32.2. The molecule has 35 heavy (non-hydrogen) atoms. The summed E-state index contributed by atoms with van der Waals surface area (Å²) in [5.74, 6) is 1.49. The fourth-order valence-corrected chi connectivity index (χ4v) is 7.05. The molecule has 188 valence electrons. The van der Waals surface area contributed by atoms with Gasteiger partial charge in [-0.25, -0.2) is 8.42 Å². The van der Waals surface area contributed by atoms with Crippen LogP contribution in [0.1, 0.15) is 36.3 Å². The molecule has 3 fully saturated rings. The van der Waals surface area contributed by atoms with E-state index in [1.807, 2.05) is 17.0 Å². The van der Waals surface area contributed by atoms with Crippen molar-refractivity contribution in [2.75, 3.05) is 52.6 Å². The largest absolute Gasteiger partial charge is 0.338 e. The molecule has 2 aromatic rings. The highest BCUT2D eigenvalue weighted by Gasteiger charge is 2.48. The molecule has 6 nitrogen and oxygen atoms in total. The van der Waals surface area contributed by atoms with Crippen molar-refractivity contribution in [3.63, 3.8) is 0 Å². The number of rotatable bonds is 6. The van der Waals surface area contributed by atoms with E-state index in [-0.39, 0.29) is 11.3 Å². The second-order valence-corrected chi connectivity index (χ2v) is 13.0. The lowest BCUT2D eigenvalue weighted by atomic mass is 9.76. The molecule has 0 bridgehead atoms. The van der Waals surface area contributed by atoms with Gasteiger partial charge in [0.1, 0.15) is 0 Å². The van der Waals surface area contributed by atoms with Gasteiger partial charge >= 0.3 is 0 Å². The van der Waals surface area contributed by atoms with Gasteiger partial charge < -0.3 is 14.7 Å². The third-order valence-electron chi connectivity index (χ3n) is 8.48. The molecule has 3 saturated heterocycles. The van der Waals surface area contributed by atoms with Gasteiger partial charge in [0.25, 0.3) is 0 Å². The SMILES string of the molecule is CN1C[C@H](CN2CCC3(CC2)CCN(Cc2ccc(S(C)(=O)=O)cc2)C3=O)[C@@H](c2ccccc2)C1. The lowest BCUT2D eigenvalue weighted by Gasteiger charge is -2.39. The summed E-state index contributed by atoms with van der Waals surface area (Å²) in [4.78, 5) is 20.8. The summed E-state index contributed by atoms with van der Waals surface area (Å²) in [7, 11) is -0.980. The minimum Gasteiger partial charge on any atom is -0.338 e. The average molecular weight is 496 g/mol. The van der Waals surface area contributed by atoms with Gasteiger partial charge in [-0.2, -0.15) is 0 Å². The number of carbonyl (C=O) groups is 1. The van der Waals surface area contributed by atoms with Crippen molar-refractivity contribution in [3.8, 4) is 0 Å². The molecule has 1 spiro atoms. The Labute approximate surface area is 209 Å². The van der Waals surface area contributed by atoms with Gasteiger partial charge in [0.2, 0.25) is 5.91 Å². The van der Waals surface area contributed by atoms with Gasteiger partial charge in [0.05, 0.1) is 10.3 Å². The van der Waals surface area contributed by atoms with E-state index in [0.29, 0.717) is 23.3 Å².